The van der Waals surface area contributed by atoms with Gasteiger partial charge in [-0.25, -0.2) is 18.2 Å². The first-order valence-electron chi connectivity index (χ1n) is 3.85. The Hall–Kier alpha value is -1.53. The fourth-order valence-corrected chi connectivity index (χ4v) is 0.785. The smallest absolute Gasteiger partial charge is 0.255 e. The van der Waals surface area contributed by atoms with Crippen LogP contribution in [0, 0.1) is 5.82 Å². The van der Waals surface area contributed by atoms with Crippen molar-refractivity contribution in [3.63, 3.8) is 0 Å². The molecule has 0 fully saturated rings. The minimum atomic E-state index is -2.55. The number of alkyl halides is 2. The molecule has 0 aliphatic heterocycles. The van der Waals surface area contributed by atoms with Crippen LogP contribution in [0.5, 0.6) is 0 Å². The van der Waals surface area contributed by atoms with Crippen LogP contribution in [0.2, 0.25) is 0 Å². The molecule has 1 aromatic rings. The maximum absolute atomic E-state index is 12.9. The molecule has 14 heavy (non-hydrogen) atoms. The summed E-state index contributed by atoms with van der Waals surface area (Å²) in [5.74, 6) is -0.822. The van der Waals surface area contributed by atoms with Crippen LogP contribution in [0.4, 0.5) is 24.9 Å². The highest BCUT2D eigenvalue weighted by Crippen LogP contribution is 2.11. The summed E-state index contributed by atoms with van der Waals surface area (Å²) < 4.78 is 36.5. The third-order valence-corrected chi connectivity index (χ3v) is 1.39. The van der Waals surface area contributed by atoms with Gasteiger partial charge in [0.05, 0.1) is 12.7 Å². The molecular formula is C7H9F3N4. The fraction of sp³-hybridized carbons (Fsp3) is 0.429. The van der Waals surface area contributed by atoms with Crippen LogP contribution in [-0.2, 0) is 0 Å². The highest BCUT2D eigenvalue weighted by Gasteiger charge is 2.08. The van der Waals surface area contributed by atoms with Crippen molar-refractivity contribution in [2.45, 2.75) is 6.43 Å². The molecule has 0 saturated heterocycles. The molecular weight excluding hydrogens is 197 g/mol. The summed E-state index contributed by atoms with van der Waals surface area (Å²) in [6.45, 7) is -0.642. The average molecular weight is 206 g/mol. The maximum atomic E-state index is 12.9. The lowest BCUT2D eigenvalue weighted by atomic mass is 10.5. The lowest BCUT2D eigenvalue weighted by Gasteiger charge is -2.06. The van der Waals surface area contributed by atoms with Crippen molar-refractivity contribution in [1.82, 2.24) is 9.97 Å². The first-order valence-corrected chi connectivity index (χ1v) is 3.85. The van der Waals surface area contributed by atoms with Gasteiger partial charge in [-0.1, -0.05) is 0 Å². The minimum Gasteiger partial charge on any atom is -0.362 e. The summed E-state index contributed by atoms with van der Waals surface area (Å²) in [7, 11) is 1.55. The Morgan fingerprint density at radius 3 is 2.79 bits per heavy atom. The largest absolute Gasteiger partial charge is 0.362 e. The van der Waals surface area contributed by atoms with E-state index in [1.165, 1.54) is 0 Å². The molecule has 1 rings (SSSR count). The third-order valence-electron chi connectivity index (χ3n) is 1.39. The number of anilines is 2. The Labute approximate surface area is 78.6 Å². The first kappa shape index (κ1) is 10.6. The summed E-state index contributed by atoms with van der Waals surface area (Å²) in [5, 5.41) is 4.74. The lowest BCUT2D eigenvalue weighted by Crippen LogP contribution is -2.13. The second kappa shape index (κ2) is 4.64. The van der Waals surface area contributed by atoms with E-state index in [0.717, 1.165) is 6.20 Å². The van der Waals surface area contributed by atoms with E-state index < -0.39 is 18.8 Å². The Kier molecular flexibility index (Phi) is 3.49. The van der Waals surface area contributed by atoms with Crippen molar-refractivity contribution in [3.05, 3.63) is 12.0 Å². The highest BCUT2D eigenvalue weighted by molar-refractivity contribution is 5.40. The van der Waals surface area contributed by atoms with Crippen molar-refractivity contribution >= 4 is 11.8 Å². The van der Waals surface area contributed by atoms with E-state index in [1.807, 2.05) is 0 Å². The van der Waals surface area contributed by atoms with Crippen LogP contribution in [0.25, 0.3) is 0 Å². The fourth-order valence-electron chi connectivity index (χ4n) is 0.785. The standard InChI is InChI=1S/C7H9F3N4/c1-11-7-13-2-4(8)6(14-7)12-3-5(9)10/h2,5H,3H2,1H3,(H2,11,12,13,14). The maximum Gasteiger partial charge on any atom is 0.255 e. The van der Waals surface area contributed by atoms with Crippen LogP contribution in [0.3, 0.4) is 0 Å². The molecule has 7 heteroatoms. The molecule has 4 nitrogen and oxygen atoms in total. The van der Waals surface area contributed by atoms with Crippen LogP contribution < -0.4 is 10.6 Å². The summed E-state index contributed by atoms with van der Waals surface area (Å²) >= 11 is 0. The second-order valence-electron chi connectivity index (χ2n) is 2.41. The predicted octanol–water partition coefficient (Wildman–Crippen LogP) is 1.33. The summed E-state index contributed by atoms with van der Waals surface area (Å²) in [4.78, 5) is 7.18. The van der Waals surface area contributed by atoms with Gasteiger partial charge >= 0.3 is 0 Å². The van der Waals surface area contributed by atoms with Gasteiger partial charge in [-0.3, -0.25) is 0 Å². The van der Waals surface area contributed by atoms with Crippen LogP contribution in [0.15, 0.2) is 6.20 Å². The summed E-state index contributed by atoms with van der Waals surface area (Å²) in [6.07, 6.45) is -1.64. The SMILES string of the molecule is CNc1ncc(F)c(NCC(F)F)n1. The Morgan fingerprint density at radius 2 is 2.21 bits per heavy atom. The predicted molar refractivity (Wildman–Crippen MR) is 46.0 cm³/mol. The van der Waals surface area contributed by atoms with Gasteiger partial charge in [0, 0.05) is 7.05 Å². The Balaban J connectivity index is 2.73. The molecule has 1 heterocycles. The summed E-state index contributed by atoms with van der Waals surface area (Å²) in [6, 6.07) is 0. The van der Waals surface area contributed by atoms with E-state index in [2.05, 4.69) is 20.6 Å². The van der Waals surface area contributed by atoms with Gasteiger partial charge in [0.1, 0.15) is 0 Å². The number of rotatable bonds is 4. The van der Waals surface area contributed by atoms with Gasteiger partial charge in [-0.05, 0) is 0 Å². The number of halogens is 3. The topological polar surface area (TPSA) is 49.8 Å². The molecule has 0 aromatic carbocycles. The summed E-state index contributed by atoms with van der Waals surface area (Å²) in [5.41, 5.74) is 0. The minimum absolute atomic E-state index is 0.170. The van der Waals surface area contributed by atoms with Crippen LogP contribution in [-0.4, -0.2) is 30.0 Å². The molecule has 78 valence electrons. The highest BCUT2D eigenvalue weighted by atomic mass is 19.3. The van der Waals surface area contributed by atoms with Crippen molar-refractivity contribution in [2.75, 3.05) is 24.2 Å². The zero-order valence-corrected chi connectivity index (χ0v) is 7.39. The van der Waals surface area contributed by atoms with Gasteiger partial charge in [0.25, 0.3) is 6.43 Å². The molecule has 0 unspecified atom stereocenters. The van der Waals surface area contributed by atoms with Gasteiger partial charge in [-0.2, -0.15) is 4.98 Å². The molecule has 1 aromatic heterocycles. The van der Waals surface area contributed by atoms with Gasteiger partial charge in [-0.15, -0.1) is 0 Å². The molecule has 0 amide bonds. The molecule has 0 atom stereocenters. The third kappa shape index (κ3) is 2.75. The average Bonchev–Trinajstić information content (AvgIpc) is 2.16. The van der Waals surface area contributed by atoms with Crippen LogP contribution in [0.1, 0.15) is 0 Å². The zero-order chi connectivity index (χ0) is 10.6. The lowest BCUT2D eigenvalue weighted by molar-refractivity contribution is 0.163. The van der Waals surface area contributed by atoms with Crippen molar-refractivity contribution in [2.24, 2.45) is 0 Å². The van der Waals surface area contributed by atoms with E-state index in [1.54, 1.807) is 7.05 Å². The number of nitrogens with one attached hydrogen (secondary N) is 2. The Morgan fingerprint density at radius 1 is 1.50 bits per heavy atom. The van der Waals surface area contributed by atoms with Crippen molar-refractivity contribution in [3.8, 4) is 0 Å². The second-order valence-corrected chi connectivity index (χ2v) is 2.41. The van der Waals surface area contributed by atoms with Gasteiger partial charge in [0.2, 0.25) is 5.95 Å². The van der Waals surface area contributed by atoms with E-state index >= 15 is 0 Å². The molecule has 0 aliphatic rings. The van der Waals surface area contributed by atoms with Crippen molar-refractivity contribution < 1.29 is 13.2 Å². The normalized spacial score (nSPS) is 10.4. The number of nitrogens with zero attached hydrogens (tertiary/aromatic N) is 2. The molecule has 0 radical (unpaired) electrons. The number of hydrogen-bond acceptors (Lipinski definition) is 4. The van der Waals surface area contributed by atoms with E-state index in [9.17, 15) is 13.2 Å². The van der Waals surface area contributed by atoms with Gasteiger partial charge in [0.15, 0.2) is 11.6 Å². The van der Waals surface area contributed by atoms with E-state index in [4.69, 9.17) is 0 Å². The molecule has 0 saturated carbocycles. The molecule has 2 N–H and O–H groups in total. The monoisotopic (exact) mass is 206 g/mol. The Bertz CT molecular complexity index is 305. The number of aromatic nitrogens is 2. The van der Waals surface area contributed by atoms with Crippen molar-refractivity contribution in [1.29, 1.82) is 0 Å². The van der Waals surface area contributed by atoms with E-state index in [-0.39, 0.29) is 11.8 Å². The van der Waals surface area contributed by atoms with E-state index in [0.29, 0.717) is 0 Å². The molecule has 0 aliphatic carbocycles. The zero-order valence-electron chi connectivity index (χ0n) is 7.39. The quantitative estimate of drug-likeness (QED) is 0.780. The number of hydrogen-bond donors (Lipinski definition) is 2. The van der Waals surface area contributed by atoms with Gasteiger partial charge < -0.3 is 10.6 Å². The van der Waals surface area contributed by atoms with Crippen LogP contribution >= 0.6 is 0 Å². The molecule has 0 spiro atoms. The first-order chi connectivity index (χ1) is 6.63. The molecule has 0 bridgehead atoms.